The molecule has 146 valence electrons. The molecule has 0 atom stereocenters. The highest BCUT2D eigenvalue weighted by molar-refractivity contribution is 7.98. The SMILES string of the molecule is CCCCC([Si](C)(C)C)=P(c1ccccc1)(c1ccccc1)c1ccccc1. The molecule has 0 saturated heterocycles. The molecule has 0 bridgehead atoms. The monoisotopic (exact) mass is 404 g/mol. The average molecular weight is 405 g/mol. The Morgan fingerprint density at radius 1 is 0.643 bits per heavy atom. The van der Waals surface area contributed by atoms with E-state index in [0.29, 0.717) is 0 Å². The third kappa shape index (κ3) is 4.12. The first-order chi connectivity index (χ1) is 13.5. The van der Waals surface area contributed by atoms with Crippen molar-refractivity contribution < 1.29 is 0 Å². The van der Waals surface area contributed by atoms with E-state index in [0.717, 1.165) is 0 Å². The molecule has 3 rings (SSSR count). The van der Waals surface area contributed by atoms with Crippen LogP contribution < -0.4 is 15.9 Å². The van der Waals surface area contributed by atoms with Gasteiger partial charge in [0, 0.05) is 0 Å². The van der Waals surface area contributed by atoms with E-state index in [1.807, 2.05) is 4.92 Å². The fourth-order valence-corrected chi connectivity index (χ4v) is 14.6. The molecule has 0 aromatic heterocycles. The van der Waals surface area contributed by atoms with Crippen LogP contribution in [0.4, 0.5) is 0 Å². The number of hydrogen-bond acceptors (Lipinski definition) is 0. The van der Waals surface area contributed by atoms with Crippen LogP contribution in [0.2, 0.25) is 19.6 Å². The van der Waals surface area contributed by atoms with Crippen LogP contribution in [0.15, 0.2) is 91.0 Å². The minimum absolute atomic E-state index is 1.23. The van der Waals surface area contributed by atoms with Gasteiger partial charge >= 0.3 is 0 Å². The van der Waals surface area contributed by atoms with Crippen molar-refractivity contribution in [2.24, 2.45) is 0 Å². The van der Waals surface area contributed by atoms with Gasteiger partial charge in [-0.1, -0.05) is 135 Å². The van der Waals surface area contributed by atoms with Gasteiger partial charge in [0.15, 0.2) is 0 Å². The van der Waals surface area contributed by atoms with Crippen LogP contribution in [0.25, 0.3) is 0 Å². The maximum absolute atomic E-state index is 2.54. The third-order valence-electron chi connectivity index (χ3n) is 5.47. The quantitative estimate of drug-likeness (QED) is 0.324. The number of benzene rings is 3. The van der Waals surface area contributed by atoms with E-state index in [2.05, 4.69) is 118 Å². The Labute approximate surface area is 172 Å². The summed E-state index contributed by atoms with van der Waals surface area (Å²) in [5, 5.41) is 4.50. The van der Waals surface area contributed by atoms with Crippen molar-refractivity contribution in [2.45, 2.75) is 45.8 Å². The van der Waals surface area contributed by atoms with Gasteiger partial charge in [-0.15, -0.1) is 0 Å². The van der Waals surface area contributed by atoms with E-state index in [1.54, 1.807) is 0 Å². The lowest BCUT2D eigenvalue weighted by molar-refractivity contribution is 0.843. The molecule has 0 amide bonds. The molecule has 0 unspecified atom stereocenters. The fraction of sp³-hybridized carbons (Fsp3) is 0.269. The second-order valence-electron chi connectivity index (χ2n) is 8.48. The molecule has 0 heterocycles. The molecule has 0 radical (unpaired) electrons. The minimum Gasteiger partial charge on any atom is -0.0711 e. The Hall–Kier alpha value is -1.82. The summed E-state index contributed by atoms with van der Waals surface area (Å²) in [4.78, 5) is 1.84. The summed E-state index contributed by atoms with van der Waals surface area (Å²) >= 11 is 0. The predicted octanol–water partition coefficient (Wildman–Crippen LogP) is 6.22. The molecule has 0 nitrogen and oxygen atoms in total. The highest BCUT2D eigenvalue weighted by Crippen LogP contribution is 2.49. The zero-order valence-electron chi connectivity index (χ0n) is 17.7. The normalized spacial score (nSPS) is 12.0. The molecular formula is C26H33PSi. The molecular weight excluding hydrogens is 371 g/mol. The van der Waals surface area contributed by atoms with Crippen LogP contribution in [0.1, 0.15) is 26.2 Å². The zero-order chi connectivity index (χ0) is 20.0. The Morgan fingerprint density at radius 2 is 1.00 bits per heavy atom. The summed E-state index contributed by atoms with van der Waals surface area (Å²) in [6.45, 7) is 8.11. The molecule has 0 aliphatic rings. The Kier molecular flexibility index (Phi) is 6.80. The topological polar surface area (TPSA) is 0 Å². The second kappa shape index (κ2) is 9.12. The minimum atomic E-state index is -1.84. The largest absolute Gasteiger partial charge is 0.0738 e. The predicted molar refractivity (Wildman–Crippen MR) is 133 cm³/mol. The van der Waals surface area contributed by atoms with Crippen LogP contribution in [-0.2, 0) is 0 Å². The van der Waals surface area contributed by atoms with Crippen molar-refractivity contribution in [3.8, 4) is 0 Å². The number of rotatable bonds is 7. The van der Waals surface area contributed by atoms with Gasteiger partial charge < -0.3 is 0 Å². The summed E-state index contributed by atoms with van der Waals surface area (Å²) in [6.07, 6.45) is 3.75. The van der Waals surface area contributed by atoms with Gasteiger partial charge in [-0.3, -0.25) is 0 Å². The lowest BCUT2D eigenvalue weighted by atomic mass is 10.3. The Bertz CT molecular complexity index is 819. The van der Waals surface area contributed by atoms with Gasteiger partial charge in [0.1, 0.15) is 0 Å². The van der Waals surface area contributed by atoms with Crippen LogP contribution >= 0.6 is 6.89 Å². The van der Waals surface area contributed by atoms with Gasteiger partial charge in [0.25, 0.3) is 0 Å². The smallest absolute Gasteiger partial charge is 0.0711 e. The number of hydrogen-bond donors (Lipinski definition) is 0. The molecule has 28 heavy (non-hydrogen) atoms. The molecule has 0 aliphatic carbocycles. The van der Waals surface area contributed by atoms with Crippen LogP contribution in [0, 0.1) is 0 Å². The first-order valence-electron chi connectivity index (χ1n) is 10.4. The maximum Gasteiger partial charge on any atom is 0.0738 e. The molecule has 0 aliphatic heterocycles. The summed E-state index contributed by atoms with van der Waals surface area (Å²) < 4.78 is 0. The lowest BCUT2D eigenvalue weighted by Crippen LogP contribution is -2.41. The zero-order valence-corrected chi connectivity index (χ0v) is 19.6. The van der Waals surface area contributed by atoms with Gasteiger partial charge in [0.05, 0.1) is 8.07 Å². The van der Waals surface area contributed by atoms with E-state index in [-0.39, 0.29) is 0 Å². The summed E-state index contributed by atoms with van der Waals surface area (Å²) in [6, 6.07) is 34.0. The standard InChI is InChI=1S/C26H33PSi/c1-5-6-22-26(28(2,3)4)27(23-16-10-7-11-17-23,24-18-12-8-13-19-24)25-20-14-9-15-21-25/h7-21H,5-6,22H2,1-4H3. The van der Waals surface area contributed by atoms with Crippen molar-refractivity contribution in [2.75, 3.05) is 0 Å². The first-order valence-corrected chi connectivity index (χ1v) is 15.7. The third-order valence-corrected chi connectivity index (χ3v) is 14.7. The Morgan fingerprint density at radius 3 is 1.29 bits per heavy atom. The van der Waals surface area contributed by atoms with E-state index in [4.69, 9.17) is 0 Å². The van der Waals surface area contributed by atoms with E-state index in [9.17, 15) is 0 Å². The van der Waals surface area contributed by atoms with Crippen molar-refractivity contribution in [1.29, 1.82) is 0 Å². The summed E-state index contributed by atoms with van der Waals surface area (Å²) in [7, 11) is -1.54. The molecule has 3 aromatic rings. The van der Waals surface area contributed by atoms with Crippen LogP contribution in [0.5, 0.6) is 0 Å². The van der Waals surface area contributed by atoms with Crippen molar-refractivity contribution in [3.05, 3.63) is 91.0 Å². The Balaban J connectivity index is 2.56. The van der Waals surface area contributed by atoms with Gasteiger partial charge in [-0.25, -0.2) is 0 Å². The summed E-state index contributed by atoms with van der Waals surface area (Å²) in [5.74, 6) is 0. The van der Waals surface area contributed by atoms with Gasteiger partial charge in [-0.2, -0.15) is 0 Å². The van der Waals surface area contributed by atoms with E-state index >= 15 is 0 Å². The van der Waals surface area contributed by atoms with Crippen molar-refractivity contribution >= 4 is 35.8 Å². The molecule has 0 saturated carbocycles. The molecule has 2 heteroatoms. The van der Waals surface area contributed by atoms with Gasteiger partial charge in [-0.05, 0) is 29.2 Å². The molecule has 0 spiro atoms. The molecule has 0 N–H and O–H groups in total. The van der Waals surface area contributed by atoms with E-state index in [1.165, 1.54) is 35.2 Å². The molecule has 3 aromatic carbocycles. The van der Waals surface area contributed by atoms with E-state index < -0.39 is 15.0 Å². The average Bonchev–Trinajstić information content (AvgIpc) is 2.72. The van der Waals surface area contributed by atoms with Crippen molar-refractivity contribution in [1.82, 2.24) is 0 Å². The highest BCUT2D eigenvalue weighted by atomic mass is 31.2. The first kappa shape index (κ1) is 20.9. The highest BCUT2D eigenvalue weighted by Gasteiger charge is 2.34. The van der Waals surface area contributed by atoms with Crippen LogP contribution in [-0.4, -0.2) is 13.0 Å². The van der Waals surface area contributed by atoms with Crippen LogP contribution in [0.3, 0.4) is 0 Å². The second-order valence-corrected chi connectivity index (χ2v) is 17.4. The number of unbranched alkanes of at least 4 members (excludes halogenated alkanes) is 1. The summed E-state index contributed by atoms with van der Waals surface area (Å²) in [5.41, 5.74) is 0. The maximum atomic E-state index is 2.54. The lowest BCUT2D eigenvalue weighted by Gasteiger charge is -2.38. The van der Waals surface area contributed by atoms with Gasteiger partial charge in [0.2, 0.25) is 0 Å². The fourth-order valence-electron chi connectivity index (χ4n) is 4.26. The van der Waals surface area contributed by atoms with Crippen molar-refractivity contribution in [3.63, 3.8) is 0 Å². The molecule has 0 fully saturated rings.